The van der Waals surface area contributed by atoms with Gasteiger partial charge in [-0.3, -0.25) is 0 Å². The maximum absolute atomic E-state index is 4.45. The summed E-state index contributed by atoms with van der Waals surface area (Å²) in [6, 6.07) is 14.1. The van der Waals surface area contributed by atoms with Crippen LogP contribution in [0.5, 0.6) is 0 Å². The van der Waals surface area contributed by atoms with Crippen LogP contribution in [-0.4, -0.2) is 15.0 Å². The van der Waals surface area contributed by atoms with E-state index in [9.17, 15) is 0 Å². The molecule has 104 valence electrons. The van der Waals surface area contributed by atoms with E-state index in [0.29, 0.717) is 0 Å². The van der Waals surface area contributed by atoms with Crippen LogP contribution in [0.4, 0.5) is 0 Å². The molecule has 0 amide bonds. The molecule has 0 fully saturated rings. The Morgan fingerprint density at radius 3 is 2.65 bits per heavy atom. The van der Waals surface area contributed by atoms with Gasteiger partial charge in [-0.15, -0.1) is 23.7 Å². The molecule has 6 heteroatoms. The number of benzene rings is 1. The van der Waals surface area contributed by atoms with Crippen molar-refractivity contribution in [2.75, 3.05) is 0 Å². The van der Waals surface area contributed by atoms with Crippen molar-refractivity contribution in [1.29, 1.82) is 0 Å². The minimum Gasteiger partial charge on any atom is -0.306 e. The number of hydrogen-bond acceptors (Lipinski definition) is 4. The average molecular weight is 307 g/mol. The first-order chi connectivity index (χ1) is 9.42. The zero-order chi connectivity index (χ0) is 12.9. The molecule has 4 nitrogen and oxygen atoms in total. The number of halogens is 1. The molecule has 2 heterocycles. The van der Waals surface area contributed by atoms with Gasteiger partial charge in [-0.05, 0) is 23.6 Å². The fourth-order valence-electron chi connectivity index (χ4n) is 1.79. The van der Waals surface area contributed by atoms with Gasteiger partial charge in [0.2, 0.25) is 0 Å². The largest absolute Gasteiger partial charge is 0.306 e. The minimum atomic E-state index is 0. The lowest BCUT2D eigenvalue weighted by Gasteiger charge is -2.00. The van der Waals surface area contributed by atoms with E-state index in [0.717, 1.165) is 24.5 Å². The summed E-state index contributed by atoms with van der Waals surface area (Å²) in [6.45, 7) is 1.60. The second-order valence-electron chi connectivity index (χ2n) is 4.14. The molecular weight excluding hydrogens is 292 g/mol. The molecule has 0 atom stereocenters. The van der Waals surface area contributed by atoms with Crippen molar-refractivity contribution in [3.63, 3.8) is 0 Å². The van der Waals surface area contributed by atoms with Crippen LogP contribution in [0.1, 0.15) is 10.6 Å². The van der Waals surface area contributed by atoms with Crippen LogP contribution < -0.4 is 5.32 Å². The third-order valence-corrected chi connectivity index (χ3v) is 3.59. The van der Waals surface area contributed by atoms with Gasteiger partial charge in [-0.2, -0.15) is 15.0 Å². The van der Waals surface area contributed by atoms with Gasteiger partial charge in [0.25, 0.3) is 0 Å². The Morgan fingerprint density at radius 1 is 1.05 bits per heavy atom. The molecule has 0 radical (unpaired) electrons. The van der Waals surface area contributed by atoms with Crippen LogP contribution in [0.3, 0.4) is 0 Å². The number of nitrogens with one attached hydrogen (secondary N) is 1. The lowest BCUT2D eigenvalue weighted by molar-refractivity contribution is 0.667. The molecule has 20 heavy (non-hydrogen) atoms. The molecule has 0 aliphatic heterocycles. The number of thiophene rings is 1. The molecule has 0 spiro atoms. The van der Waals surface area contributed by atoms with Gasteiger partial charge in [-0.25, -0.2) is 0 Å². The van der Waals surface area contributed by atoms with Gasteiger partial charge in [0.1, 0.15) is 0 Å². The zero-order valence-corrected chi connectivity index (χ0v) is 12.4. The lowest BCUT2D eigenvalue weighted by atomic mass is 10.3. The highest BCUT2D eigenvalue weighted by Crippen LogP contribution is 2.08. The summed E-state index contributed by atoms with van der Waals surface area (Å²) in [6.07, 6.45) is 1.80. The zero-order valence-electron chi connectivity index (χ0n) is 10.8. The molecule has 2 aromatic heterocycles. The summed E-state index contributed by atoms with van der Waals surface area (Å²) in [5.41, 5.74) is 1.92. The Bertz CT molecular complexity index is 622. The van der Waals surface area contributed by atoms with Crippen molar-refractivity contribution >= 4 is 23.7 Å². The van der Waals surface area contributed by atoms with Crippen molar-refractivity contribution in [2.24, 2.45) is 0 Å². The van der Waals surface area contributed by atoms with E-state index < -0.39 is 0 Å². The fourth-order valence-corrected chi connectivity index (χ4v) is 2.46. The van der Waals surface area contributed by atoms with Crippen LogP contribution in [0, 0.1) is 0 Å². The van der Waals surface area contributed by atoms with E-state index in [1.54, 1.807) is 22.3 Å². The quantitative estimate of drug-likeness (QED) is 0.788. The van der Waals surface area contributed by atoms with E-state index in [1.807, 2.05) is 30.3 Å². The minimum absolute atomic E-state index is 0. The van der Waals surface area contributed by atoms with Crippen LogP contribution in [0.15, 0.2) is 54.0 Å². The van der Waals surface area contributed by atoms with Crippen LogP contribution in [0.2, 0.25) is 0 Å². The first-order valence-electron chi connectivity index (χ1n) is 6.11. The molecular formula is C14H15ClN4S. The van der Waals surface area contributed by atoms with Crippen molar-refractivity contribution in [1.82, 2.24) is 20.3 Å². The monoisotopic (exact) mass is 306 g/mol. The van der Waals surface area contributed by atoms with Gasteiger partial charge in [0.05, 0.1) is 17.6 Å². The summed E-state index contributed by atoms with van der Waals surface area (Å²) in [4.78, 5) is 2.98. The predicted octanol–water partition coefficient (Wildman–Crippen LogP) is 3.04. The Labute approximate surface area is 127 Å². The van der Waals surface area contributed by atoms with E-state index >= 15 is 0 Å². The summed E-state index contributed by atoms with van der Waals surface area (Å²) < 4.78 is 0. The molecule has 0 saturated heterocycles. The fraction of sp³-hybridized carbons (Fsp3) is 0.143. The van der Waals surface area contributed by atoms with Crippen LogP contribution in [0.25, 0.3) is 5.69 Å². The number of nitrogens with zero attached hydrogens (tertiary/aromatic N) is 3. The summed E-state index contributed by atoms with van der Waals surface area (Å²) in [5.74, 6) is 0. The molecule has 1 N–H and O–H groups in total. The molecule has 0 saturated carbocycles. The highest BCUT2D eigenvalue weighted by molar-refractivity contribution is 7.09. The van der Waals surface area contributed by atoms with Gasteiger partial charge < -0.3 is 5.32 Å². The van der Waals surface area contributed by atoms with E-state index in [4.69, 9.17) is 0 Å². The SMILES string of the molecule is Cl.c1ccc(-n2ncc(CNCc3cccs3)n2)cc1. The van der Waals surface area contributed by atoms with Gasteiger partial charge in [0, 0.05) is 18.0 Å². The lowest BCUT2D eigenvalue weighted by Crippen LogP contribution is -2.12. The molecule has 0 aliphatic carbocycles. The second kappa shape index (κ2) is 7.19. The van der Waals surface area contributed by atoms with Gasteiger partial charge in [-0.1, -0.05) is 24.3 Å². The average Bonchev–Trinajstić information content (AvgIpc) is 3.11. The third-order valence-electron chi connectivity index (χ3n) is 2.71. The summed E-state index contributed by atoms with van der Waals surface area (Å²) in [7, 11) is 0. The second-order valence-corrected chi connectivity index (χ2v) is 5.18. The Kier molecular flexibility index (Phi) is 5.29. The number of hydrogen-bond donors (Lipinski definition) is 1. The summed E-state index contributed by atoms with van der Waals surface area (Å²) in [5, 5.41) is 14.2. The highest BCUT2D eigenvalue weighted by Gasteiger charge is 2.02. The van der Waals surface area contributed by atoms with Crippen LogP contribution >= 0.6 is 23.7 Å². The predicted molar refractivity (Wildman–Crippen MR) is 83.5 cm³/mol. The van der Waals surface area contributed by atoms with Crippen molar-refractivity contribution in [2.45, 2.75) is 13.1 Å². The number of aromatic nitrogens is 3. The molecule has 3 aromatic rings. The number of rotatable bonds is 5. The molecule has 1 aromatic carbocycles. The maximum atomic E-state index is 4.45. The van der Waals surface area contributed by atoms with E-state index in [-0.39, 0.29) is 12.4 Å². The standard InChI is InChI=1S/C14H14N4S.ClH/c1-2-5-13(6-3-1)18-16-10-12(17-18)9-15-11-14-7-4-8-19-14;/h1-8,10,15H,9,11H2;1H. The van der Waals surface area contributed by atoms with E-state index in [2.05, 4.69) is 33.0 Å². The van der Waals surface area contributed by atoms with Crippen molar-refractivity contribution in [3.8, 4) is 5.69 Å². The smallest absolute Gasteiger partial charge is 0.0969 e. The van der Waals surface area contributed by atoms with Crippen LogP contribution in [-0.2, 0) is 13.1 Å². The molecule has 0 unspecified atom stereocenters. The molecule has 0 bridgehead atoms. The number of para-hydroxylation sites is 1. The highest BCUT2D eigenvalue weighted by atomic mass is 35.5. The summed E-state index contributed by atoms with van der Waals surface area (Å²) >= 11 is 1.76. The van der Waals surface area contributed by atoms with Crippen molar-refractivity contribution < 1.29 is 0 Å². The topological polar surface area (TPSA) is 42.7 Å². The van der Waals surface area contributed by atoms with E-state index in [1.165, 1.54) is 4.88 Å². The van der Waals surface area contributed by atoms with Gasteiger partial charge in [0.15, 0.2) is 0 Å². The Hall–Kier alpha value is -1.69. The first-order valence-corrected chi connectivity index (χ1v) is 6.99. The first kappa shape index (κ1) is 14.7. The Morgan fingerprint density at radius 2 is 1.90 bits per heavy atom. The normalized spacial score (nSPS) is 10.2. The van der Waals surface area contributed by atoms with Gasteiger partial charge >= 0.3 is 0 Å². The Balaban J connectivity index is 0.00000147. The maximum Gasteiger partial charge on any atom is 0.0969 e. The third kappa shape index (κ3) is 3.66. The molecule has 0 aliphatic rings. The van der Waals surface area contributed by atoms with Crippen molar-refractivity contribution in [3.05, 3.63) is 64.6 Å². The molecule has 3 rings (SSSR count).